The Hall–Kier alpha value is 0.0700. The van der Waals surface area contributed by atoms with Gasteiger partial charge in [0.1, 0.15) is 0 Å². The van der Waals surface area contributed by atoms with E-state index in [-0.39, 0.29) is 0 Å². The van der Waals surface area contributed by atoms with E-state index in [2.05, 4.69) is 11.1 Å². The van der Waals surface area contributed by atoms with Crippen LogP contribution >= 0.6 is 7.60 Å². The van der Waals surface area contributed by atoms with Crippen LogP contribution in [-0.4, -0.2) is 29.2 Å². The zero-order valence-corrected chi connectivity index (χ0v) is 7.26. The molecule has 0 aliphatic carbocycles. The van der Waals surface area contributed by atoms with Crippen molar-refractivity contribution in [3.05, 3.63) is 0 Å². The molecule has 11 heavy (non-hydrogen) atoms. The van der Waals surface area contributed by atoms with Crippen LogP contribution in [0.3, 0.4) is 0 Å². The maximum absolute atomic E-state index is 9.57. The van der Waals surface area contributed by atoms with E-state index < -0.39 is 13.9 Å². The van der Waals surface area contributed by atoms with Gasteiger partial charge in [-0.05, 0) is 25.9 Å². The van der Waals surface area contributed by atoms with Crippen molar-refractivity contribution < 1.29 is 14.4 Å². The molecule has 0 aromatic rings. The summed E-state index contributed by atoms with van der Waals surface area (Å²) in [6, 6.07) is 0. The van der Waals surface area contributed by atoms with Crippen molar-refractivity contribution in [2.45, 2.75) is 12.8 Å². The average molecular weight is 182 g/mol. The summed E-state index contributed by atoms with van der Waals surface area (Å²) in [7, 11) is -3.87. The molecule has 0 radical (unpaired) electrons. The molecule has 0 unspecified atom stereocenters. The van der Waals surface area contributed by atoms with Crippen LogP contribution in [0.1, 0.15) is 12.8 Å². The summed E-state index contributed by atoms with van der Waals surface area (Å²) in [5.74, 6) is 0. The zero-order chi connectivity index (χ0) is 8.74. The maximum atomic E-state index is 9.57. The quantitative estimate of drug-likeness (QED) is 0.408. The molecule has 0 spiro atoms. The molecule has 1 rings (SSSR count). The number of hydrogen-bond acceptors (Lipinski definition) is 3. The molecule has 0 saturated carbocycles. The molecule has 1 saturated heterocycles. The van der Waals surface area contributed by atoms with Gasteiger partial charge < -0.3 is 20.8 Å². The summed E-state index contributed by atoms with van der Waals surface area (Å²) < 4.78 is 9.57. The van der Waals surface area contributed by atoms with Crippen molar-refractivity contribution in [3.8, 4) is 0 Å². The van der Waals surface area contributed by atoms with E-state index in [9.17, 15) is 4.57 Å². The molecule has 0 amide bonds. The molecule has 0 aromatic carbocycles. The number of hydrogen-bond donors (Lipinski definition) is 4. The minimum Gasteiger partial charge on any atom is -0.324 e. The van der Waals surface area contributed by atoms with Gasteiger partial charge in [-0.3, -0.25) is 4.57 Å². The highest BCUT2D eigenvalue weighted by Gasteiger charge is 2.05. The first-order valence-corrected chi connectivity index (χ1v) is 5.31. The third-order valence-corrected chi connectivity index (χ3v) is 1.67. The maximum Gasteiger partial charge on any atom is 0.338 e. The smallest absolute Gasteiger partial charge is 0.324 e. The summed E-state index contributed by atoms with van der Waals surface area (Å²) in [4.78, 5) is 15.6. The van der Waals surface area contributed by atoms with Gasteiger partial charge in [-0.1, -0.05) is 0 Å². The second-order valence-electron chi connectivity index (χ2n) is 2.30. The first-order valence-electron chi connectivity index (χ1n) is 3.51. The molecule has 0 aromatic heterocycles. The SMILES string of the molecule is C1CCNC1.NCP(=O)(O)O. The summed E-state index contributed by atoms with van der Waals surface area (Å²) in [6.07, 6.45) is 2.22. The van der Waals surface area contributed by atoms with Crippen LogP contribution in [0.25, 0.3) is 0 Å². The number of rotatable bonds is 1. The van der Waals surface area contributed by atoms with Crippen LogP contribution in [0.5, 0.6) is 0 Å². The highest BCUT2D eigenvalue weighted by molar-refractivity contribution is 7.51. The van der Waals surface area contributed by atoms with Crippen molar-refractivity contribution in [1.82, 2.24) is 5.32 Å². The van der Waals surface area contributed by atoms with Crippen molar-refractivity contribution in [3.63, 3.8) is 0 Å². The van der Waals surface area contributed by atoms with E-state index in [0.717, 1.165) is 0 Å². The van der Waals surface area contributed by atoms with Crippen molar-refractivity contribution in [2.24, 2.45) is 5.73 Å². The van der Waals surface area contributed by atoms with Gasteiger partial charge in [-0.15, -0.1) is 0 Å². The summed E-state index contributed by atoms with van der Waals surface area (Å²) in [5.41, 5.74) is 4.54. The Labute approximate surface area is 66.1 Å². The summed E-state index contributed by atoms with van der Waals surface area (Å²) in [6.45, 7) is 2.50. The van der Waals surface area contributed by atoms with Gasteiger partial charge in [0.05, 0.1) is 6.29 Å². The van der Waals surface area contributed by atoms with Crippen LogP contribution < -0.4 is 11.1 Å². The topological polar surface area (TPSA) is 95.6 Å². The molecule has 6 heteroatoms. The fourth-order valence-electron chi connectivity index (χ4n) is 0.625. The fraction of sp³-hybridized carbons (Fsp3) is 1.00. The molecule has 0 atom stereocenters. The fourth-order valence-corrected chi connectivity index (χ4v) is 0.625. The van der Waals surface area contributed by atoms with Crippen molar-refractivity contribution in [1.29, 1.82) is 0 Å². The minimum atomic E-state index is -3.87. The lowest BCUT2D eigenvalue weighted by Gasteiger charge is -1.92. The van der Waals surface area contributed by atoms with E-state index in [0.29, 0.717) is 0 Å². The van der Waals surface area contributed by atoms with Crippen molar-refractivity contribution in [2.75, 3.05) is 19.4 Å². The largest absolute Gasteiger partial charge is 0.338 e. The van der Waals surface area contributed by atoms with Gasteiger partial charge in [0.15, 0.2) is 0 Å². The normalized spacial score (nSPS) is 17.4. The Bertz CT molecular complexity index is 124. The lowest BCUT2D eigenvalue weighted by molar-refractivity contribution is 0.374. The Morgan fingerprint density at radius 1 is 1.36 bits per heavy atom. The molecule has 1 fully saturated rings. The van der Waals surface area contributed by atoms with Gasteiger partial charge >= 0.3 is 7.60 Å². The van der Waals surface area contributed by atoms with Crippen LogP contribution in [-0.2, 0) is 4.57 Å². The van der Waals surface area contributed by atoms with Crippen LogP contribution in [0.2, 0.25) is 0 Å². The molecular weight excluding hydrogens is 167 g/mol. The lowest BCUT2D eigenvalue weighted by atomic mass is 10.4. The van der Waals surface area contributed by atoms with Crippen LogP contribution in [0.4, 0.5) is 0 Å². The second-order valence-corrected chi connectivity index (χ2v) is 4.00. The Morgan fingerprint density at radius 2 is 1.73 bits per heavy atom. The third-order valence-electron chi connectivity index (χ3n) is 1.19. The molecule has 68 valence electrons. The van der Waals surface area contributed by atoms with Gasteiger partial charge in [0, 0.05) is 0 Å². The van der Waals surface area contributed by atoms with Gasteiger partial charge in [0.2, 0.25) is 0 Å². The molecule has 0 bridgehead atoms. The van der Waals surface area contributed by atoms with E-state index in [4.69, 9.17) is 9.79 Å². The summed E-state index contributed by atoms with van der Waals surface area (Å²) in [5, 5.41) is 3.22. The number of nitrogens with two attached hydrogens (primary N) is 1. The summed E-state index contributed by atoms with van der Waals surface area (Å²) >= 11 is 0. The lowest BCUT2D eigenvalue weighted by Crippen LogP contribution is -2.03. The molecule has 5 N–H and O–H groups in total. The monoisotopic (exact) mass is 182 g/mol. The zero-order valence-electron chi connectivity index (χ0n) is 6.36. The highest BCUT2D eigenvalue weighted by atomic mass is 31.2. The molecule has 1 aliphatic rings. The Balaban J connectivity index is 0.000000183. The average Bonchev–Trinajstić information content (AvgIpc) is 2.41. The minimum absolute atomic E-state index is 0.562. The predicted octanol–water partition coefficient (Wildman–Crippen LogP) is -0.550. The molecule has 1 aliphatic heterocycles. The van der Waals surface area contributed by atoms with Gasteiger partial charge in [-0.2, -0.15) is 0 Å². The van der Waals surface area contributed by atoms with Gasteiger partial charge in [-0.25, -0.2) is 0 Å². The van der Waals surface area contributed by atoms with E-state index >= 15 is 0 Å². The van der Waals surface area contributed by atoms with Crippen LogP contribution in [0, 0.1) is 0 Å². The Kier molecular flexibility index (Phi) is 5.72. The van der Waals surface area contributed by atoms with E-state index in [1.165, 1.54) is 25.9 Å². The predicted molar refractivity (Wildman–Crippen MR) is 43.2 cm³/mol. The van der Waals surface area contributed by atoms with E-state index in [1.54, 1.807) is 0 Å². The first-order chi connectivity index (χ1) is 5.06. The van der Waals surface area contributed by atoms with E-state index in [1.807, 2.05) is 0 Å². The third kappa shape index (κ3) is 10.1. The standard InChI is InChI=1S/C4H9N.CH6NO3P/c1-2-4-5-3-1;2-1-6(3,4)5/h5H,1-4H2;1-2H2,(H2,3,4,5). The second kappa shape index (κ2) is 5.69. The highest BCUT2D eigenvalue weighted by Crippen LogP contribution is 2.30. The van der Waals surface area contributed by atoms with Crippen molar-refractivity contribution >= 4 is 7.60 Å². The molecular formula is C5H15N2O3P. The molecule has 1 heterocycles. The first kappa shape index (κ1) is 11.1. The molecule has 5 nitrogen and oxygen atoms in total. The number of nitrogens with one attached hydrogen (secondary N) is 1. The Morgan fingerprint density at radius 3 is 1.82 bits per heavy atom. The van der Waals surface area contributed by atoms with Gasteiger partial charge in [0.25, 0.3) is 0 Å². The van der Waals surface area contributed by atoms with Crippen LogP contribution in [0.15, 0.2) is 0 Å².